The summed E-state index contributed by atoms with van der Waals surface area (Å²) in [5, 5.41) is 0. The summed E-state index contributed by atoms with van der Waals surface area (Å²) in [6.45, 7) is 5.63. The highest BCUT2D eigenvalue weighted by atomic mass is 32.1. The zero-order chi connectivity index (χ0) is 10.4. The van der Waals surface area contributed by atoms with Crippen LogP contribution in [0.4, 0.5) is 0 Å². The molecule has 0 aliphatic rings. The summed E-state index contributed by atoms with van der Waals surface area (Å²) >= 11 is 4.83. The molecule has 5 heteroatoms. The highest BCUT2D eigenvalue weighted by Crippen LogP contribution is 1.99. The third-order valence-electron chi connectivity index (χ3n) is 1.84. The molecule has 0 saturated heterocycles. The summed E-state index contributed by atoms with van der Waals surface area (Å²) in [6.07, 6.45) is 0. The molecule has 0 rings (SSSR count). The van der Waals surface area contributed by atoms with E-state index in [0.717, 1.165) is 6.54 Å². The second-order valence-electron chi connectivity index (χ2n) is 3.10. The van der Waals surface area contributed by atoms with Crippen molar-refractivity contribution in [3.63, 3.8) is 0 Å². The molecule has 4 nitrogen and oxygen atoms in total. The second kappa shape index (κ2) is 5.88. The van der Waals surface area contributed by atoms with E-state index in [1.165, 1.54) is 0 Å². The van der Waals surface area contributed by atoms with Gasteiger partial charge in [0.25, 0.3) is 0 Å². The van der Waals surface area contributed by atoms with Crippen LogP contribution in [0.25, 0.3) is 0 Å². The van der Waals surface area contributed by atoms with Crippen LogP contribution in [0.15, 0.2) is 0 Å². The zero-order valence-electron chi connectivity index (χ0n) is 8.12. The fraction of sp³-hybridized carbons (Fsp3) is 0.750. The molecule has 0 aromatic heterocycles. The Bertz CT molecular complexity index is 196. The third kappa shape index (κ3) is 5.54. The lowest BCUT2D eigenvalue weighted by molar-refractivity contribution is -0.119. The minimum absolute atomic E-state index is 0.120. The Morgan fingerprint density at radius 2 is 2.08 bits per heavy atom. The first-order valence-corrected chi connectivity index (χ1v) is 4.68. The standard InChI is InChI=1S/C8H17N3OS/c1-3-11(5-7(9)12)4-6(2)8(10)13/h6H,3-5H2,1-2H3,(H2,9,12)(H2,10,13). The highest BCUT2D eigenvalue weighted by Gasteiger charge is 2.12. The first kappa shape index (κ1) is 12.3. The lowest BCUT2D eigenvalue weighted by Crippen LogP contribution is -2.39. The number of likely N-dealkylation sites (N-methyl/N-ethyl adjacent to an activating group) is 1. The van der Waals surface area contributed by atoms with Gasteiger partial charge >= 0.3 is 0 Å². The van der Waals surface area contributed by atoms with Gasteiger partial charge in [0.1, 0.15) is 0 Å². The number of nitrogens with two attached hydrogens (primary N) is 2. The van der Waals surface area contributed by atoms with Gasteiger partial charge in [0.15, 0.2) is 0 Å². The van der Waals surface area contributed by atoms with Gasteiger partial charge in [-0.2, -0.15) is 0 Å². The molecule has 76 valence electrons. The normalized spacial score (nSPS) is 12.8. The quantitative estimate of drug-likeness (QED) is 0.582. The predicted octanol–water partition coefficient (Wildman–Crippen LogP) is -0.284. The molecule has 0 saturated carbocycles. The molecule has 0 aromatic rings. The molecule has 13 heavy (non-hydrogen) atoms. The fourth-order valence-corrected chi connectivity index (χ4v) is 1.08. The molecule has 1 amide bonds. The number of carbonyl (C=O) groups is 1. The van der Waals surface area contributed by atoms with Crippen molar-refractivity contribution in [3.8, 4) is 0 Å². The Balaban J connectivity index is 3.97. The van der Waals surface area contributed by atoms with Crippen molar-refractivity contribution < 1.29 is 4.79 Å². The van der Waals surface area contributed by atoms with Crippen molar-refractivity contribution in [1.29, 1.82) is 0 Å². The van der Waals surface area contributed by atoms with Crippen LogP contribution < -0.4 is 11.5 Å². The number of rotatable bonds is 6. The van der Waals surface area contributed by atoms with Crippen molar-refractivity contribution in [2.75, 3.05) is 19.6 Å². The zero-order valence-corrected chi connectivity index (χ0v) is 8.93. The van der Waals surface area contributed by atoms with Gasteiger partial charge < -0.3 is 11.5 Å². The van der Waals surface area contributed by atoms with Crippen LogP contribution in [0, 0.1) is 5.92 Å². The maximum atomic E-state index is 10.6. The molecular formula is C8H17N3OS. The van der Waals surface area contributed by atoms with Crippen LogP contribution in [-0.4, -0.2) is 35.4 Å². The van der Waals surface area contributed by atoms with Crippen molar-refractivity contribution >= 4 is 23.1 Å². The Morgan fingerprint density at radius 1 is 1.54 bits per heavy atom. The Hall–Kier alpha value is -0.680. The number of thiocarbonyl (C=S) groups is 1. The summed E-state index contributed by atoms with van der Waals surface area (Å²) in [4.78, 5) is 13.0. The van der Waals surface area contributed by atoms with Gasteiger partial charge in [0, 0.05) is 12.5 Å². The Morgan fingerprint density at radius 3 is 2.38 bits per heavy atom. The smallest absolute Gasteiger partial charge is 0.231 e. The first-order valence-electron chi connectivity index (χ1n) is 4.27. The molecule has 0 aliphatic heterocycles. The van der Waals surface area contributed by atoms with Crippen molar-refractivity contribution in [2.24, 2.45) is 17.4 Å². The Labute approximate surface area is 84.3 Å². The summed E-state index contributed by atoms with van der Waals surface area (Å²) in [5.41, 5.74) is 10.5. The van der Waals surface area contributed by atoms with E-state index < -0.39 is 0 Å². The summed E-state index contributed by atoms with van der Waals surface area (Å²) in [5.74, 6) is -0.203. The number of nitrogens with zero attached hydrogens (tertiary/aromatic N) is 1. The SMILES string of the molecule is CCN(CC(N)=O)CC(C)C(N)=S. The monoisotopic (exact) mass is 203 g/mol. The number of primary amides is 1. The minimum Gasteiger partial charge on any atom is -0.393 e. The van der Waals surface area contributed by atoms with Crippen molar-refractivity contribution in [2.45, 2.75) is 13.8 Å². The van der Waals surface area contributed by atoms with Crippen LogP contribution in [0.5, 0.6) is 0 Å². The van der Waals surface area contributed by atoms with Gasteiger partial charge in [-0.1, -0.05) is 26.1 Å². The van der Waals surface area contributed by atoms with Crippen LogP contribution >= 0.6 is 12.2 Å². The maximum Gasteiger partial charge on any atom is 0.231 e. The largest absolute Gasteiger partial charge is 0.393 e. The van der Waals surface area contributed by atoms with E-state index >= 15 is 0 Å². The molecule has 1 unspecified atom stereocenters. The van der Waals surface area contributed by atoms with Gasteiger partial charge in [-0.25, -0.2) is 0 Å². The molecule has 0 bridgehead atoms. The molecule has 4 N–H and O–H groups in total. The molecule has 0 spiro atoms. The van der Waals surface area contributed by atoms with E-state index in [4.69, 9.17) is 23.7 Å². The summed E-state index contributed by atoms with van der Waals surface area (Å²) in [7, 11) is 0. The van der Waals surface area contributed by atoms with Crippen molar-refractivity contribution in [3.05, 3.63) is 0 Å². The highest BCUT2D eigenvalue weighted by molar-refractivity contribution is 7.80. The summed E-state index contributed by atoms with van der Waals surface area (Å²) < 4.78 is 0. The van der Waals surface area contributed by atoms with Gasteiger partial charge in [0.2, 0.25) is 5.91 Å². The van der Waals surface area contributed by atoms with Crippen LogP contribution in [0.3, 0.4) is 0 Å². The van der Waals surface area contributed by atoms with Gasteiger partial charge in [-0.3, -0.25) is 9.69 Å². The number of hydrogen-bond donors (Lipinski definition) is 2. The molecular weight excluding hydrogens is 186 g/mol. The van der Waals surface area contributed by atoms with Gasteiger partial charge in [-0.15, -0.1) is 0 Å². The van der Waals surface area contributed by atoms with E-state index in [9.17, 15) is 4.79 Å². The third-order valence-corrected chi connectivity index (χ3v) is 2.25. The Kier molecular flexibility index (Phi) is 5.57. The van der Waals surface area contributed by atoms with E-state index in [1.54, 1.807) is 0 Å². The number of hydrogen-bond acceptors (Lipinski definition) is 3. The lowest BCUT2D eigenvalue weighted by atomic mass is 10.1. The van der Waals surface area contributed by atoms with E-state index in [1.807, 2.05) is 18.7 Å². The lowest BCUT2D eigenvalue weighted by Gasteiger charge is -2.21. The minimum atomic E-state index is -0.322. The average Bonchev–Trinajstić information content (AvgIpc) is 2.02. The van der Waals surface area contributed by atoms with Crippen LogP contribution in [-0.2, 0) is 4.79 Å². The maximum absolute atomic E-state index is 10.6. The van der Waals surface area contributed by atoms with E-state index in [2.05, 4.69) is 0 Å². The number of amides is 1. The molecule has 0 aliphatic carbocycles. The van der Waals surface area contributed by atoms with Gasteiger partial charge in [-0.05, 0) is 6.54 Å². The molecule has 0 heterocycles. The van der Waals surface area contributed by atoms with E-state index in [0.29, 0.717) is 11.5 Å². The second-order valence-corrected chi connectivity index (χ2v) is 3.57. The molecule has 1 atom stereocenters. The molecule has 0 radical (unpaired) electrons. The van der Waals surface area contributed by atoms with Crippen LogP contribution in [0.2, 0.25) is 0 Å². The predicted molar refractivity (Wildman–Crippen MR) is 57.3 cm³/mol. The molecule has 0 aromatic carbocycles. The average molecular weight is 203 g/mol. The molecule has 0 fully saturated rings. The van der Waals surface area contributed by atoms with Gasteiger partial charge in [0.05, 0.1) is 11.5 Å². The fourth-order valence-electron chi connectivity index (χ4n) is 1.00. The topological polar surface area (TPSA) is 72.3 Å². The first-order chi connectivity index (χ1) is 5.97. The van der Waals surface area contributed by atoms with Crippen LogP contribution in [0.1, 0.15) is 13.8 Å². The summed E-state index contributed by atoms with van der Waals surface area (Å²) in [6, 6.07) is 0. The van der Waals surface area contributed by atoms with Crippen molar-refractivity contribution in [1.82, 2.24) is 4.90 Å². The van der Waals surface area contributed by atoms with E-state index in [-0.39, 0.29) is 18.4 Å². The number of carbonyl (C=O) groups excluding carboxylic acids is 1.